The van der Waals surface area contributed by atoms with Crippen LogP contribution in [0.1, 0.15) is 18.9 Å². The van der Waals surface area contributed by atoms with Crippen LogP contribution in [-0.2, 0) is 21.3 Å². The Balaban J connectivity index is 2.14. The van der Waals surface area contributed by atoms with Gasteiger partial charge in [-0.3, -0.25) is 0 Å². The van der Waals surface area contributed by atoms with Gasteiger partial charge in [0.25, 0.3) is 0 Å². The maximum Gasteiger partial charge on any atom is 0.241 e. The third-order valence-electron chi connectivity index (χ3n) is 3.47. The van der Waals surface area contributed by atoms with Crippen molar-refractivity contribution in [2.45, 2.75) is 24.8 Å². The Bertz CT molecular complexity index is 572. The topological polar surface area (TPSA) is 67.4 Å². The molecule has 1 aliphatic rings. The molecule has 0 aromatic heterocycles. The van der Waals surface area contributed by atoms with E-state index in [-0.39, 0.29) is 10.8 Å². The molecule has 0 amide bonds. The molecule has 7 heteroatoms. The minimum Gasteiger partial charge on any atom is -0.381 e. The highest BCUT2D eigenvalue weighted by atomic mass is 32.2. The van der Waals surface area contributed by atoms with Crippen molar-refractivity contribution in [1.82, 2.24) is 10.0 Å². The second kappa shape index (κ2) is 7.31. The Morgan fingerprint density at radius 3 is 2.90 bits per heavy atom. The second-order valence-corrected chi connectivity index (χ2v) is 6.85. The second-order valence-electron chi connectivity index (χ2n) is 5.11. The van der Waals surface area contributed by atoms with Crippen LogP contribution in [0.4, 0.5) is 4.39 Å². The smallest absolute Gasteiger partial charge is 0.241 e. The normalized spacial score (nSPS) is 19.0. The molecule has 0 saturated carbocycles. The lowest BCUT2D eigenvalue weighted by molar-refractivity contribution is 0.186. The van der Waals surface area contributed by atoms with Crippen LogP contribution in [0.15, 0.2) is 23.1 Å². The molecule has 21 heavy (non-hydrogen) atoms. The molecule has 1 aliphatic heterocycles. The van der Waals surface area contributed by atoms with Gasteiger partial charge in [0.05, 0.1) is 11.5 Å². The van der Waals surface area contributed by atoms with Crippen molar-refractivity contribution < 1.29 is 17.5 Å². The summed E-state index contributed by atoms with van der Waals surface area (Å²) in [5.74, 6) is -0.370. The summed E-state index contributed by atoms with van der Waals surface area (Å²) in [6, 6.07) is 3.85. The Kier molecular flexibility index (Phi) is 5.69. The summed E-state index contributed by atoms with van der Waals surface area (Å²) in [7, 11) is -3.72. The van der Waals surface area contributed by atoms with E-state index in [1.54, 1.807) is 0 Å². The van der Waals surface area contributed by atoms with Gasteiger partial charge in [0.2, 0.25) is 10.0 Å². The van der Waals surface area contributed by atoms with Gasteiger partial charge in [-0.25, -0.2) is 17.5 Å². The maximum absolute atomic E-state index is 13.4. The van der Waals surface area contributed by atoms with E-state index in [0.717, 1.165) is 12.5 Å². The number of ether oxygens (including phenoxy) is 1. The largest absolute Gasteiger partial charge is 0.381 e. The zero-order valence-electron chi connectivity index (χ0n) is 12.1. The molecule has 1 heterocycles. The van der Waals surface area contributed by atoms with E-state index >= 15 is 0 Å². The summed E-state index contributed by atoms with van der Waals surface area (Å²) < 4.78 is 45.9. The third-order valence-corrected chi connectivity index (χ3v) is 4.98. The molecular formula is C14H21FN2O3S. The lowest BCUT2D eigenvalue weighted by atomic mass is 10.1. The lowest BCUT2D eigenvalue weighted by Gasteiger charge is -2.14. The van der Waals surface area contributed by atoms with Crippen molar-refractivity contribution in [3.8, 4) is 0 Å². The van der Waals surface area contributed by atoms with Crippen LogP contribution in [0, 0.1) is 11.7 Å². The van der Waals surface area contributed by atoms with Crippen LogP contribution in [-0.4, -0.2) is 34.7 Å². The number of benzene rings is 1. The molecule has 0 spiro atoms. The van der Waals surface area contributed by atoms with Gasteiger partial charge in [-0.2, -0.15) is 0 Å². The Hall–Kier alpha value is -1.02. The molecule has 0 bridgehead atoms. The summed E-state index contributed by atoms with van der Waals surface area (Å²) >= 11 is 0. The number of halogens is 1. The molecule has 0 aliphatic carbocycles. The average molecular weight is 316 g/mol. The van der Waals surface area contributed by atoms with E-state index in [9.17, 15) is 12.8 Å². The molecule has 1 saturated heterocycles. The number of sulfonamides is 1. The van der Waals surface area contributed by atoms with E-state index in [0.29, 0.717) is 38.4 Å². The van der Waals surface area contributed by atoms with Crippen LogP contribution < -0.4 is 10.0 Å². The summed E-state index contributed by atoms with van der Waals surface area (Å²) in [6.45, 7) is 4.58. The summed E-state index contributed by atoms with van der Waals surface area (Å²) in [5, 5.41) is 3.06. The van der Waals surface area contributed by atoms with Gasteiger partial charge in [-0.15, -0.1) is 0 Å². The van der Waals surface area contributed by atoms with Crippen LogP contribution in [0.25, 0.3) is 0 Å². The predicted molar refractivity (Wildman–Crippen MR) is 77.9 cm³/mol. The van der Waals surface area contributed by atoms with Gasteiger partial charge in [-0.05, 0) is 36.6 Å². The molecule has 1 fully saturated rings. The molecule has 1 unspecified atom stereocenters. The monoisotopic (exact) mass is 316 g/mol. The standard InChI is InChI=1S/C14H21FN2O3S/c1-2-16-9-12-3-4-13(15)7-14(12)21(18,19)17-8-11-5-6-20-10-11/h3-4,7,11,16-17H,2,5-6,8-10H2,1H3. The average Bonchev–Trinajstić information content (AvgIpc) is 2.97. The zero-order valence-corrected chi connectivity index (χ0v) is 12.9. The molecule has 1 aromatic carbocycles. The van der Waals surface area contributed by atoms with Gasteiger partial charge >= 0.3 is 0 Å². The van der Waals surface area contributed by atoms with E-state index in [1.165, 1.54) is 12.1 Å². The fraction of sp³-hybridized carbons (Fsp3) is 0.571. The van der Waals surface area contributed by atoms with Crippen LogP contribution >= 0.6 is 0 Å². The lowest BCUT2D eigenvalue weighted by Crippen LogP contribution is -2.31. The van der Waals surface area contributed by atoms with Gasteiger partial charge in [0.15, 0.2) is 0 Å². The molecule has 118 valence electrons. The number of rotatable bonds is 7. The van der Waals surface area contributed by atoms with Crippen molar-refractivity contribution >= 4 is 10.0 Å². The molecule has 2 N–H and O–H groups in total. The number of hydrogen-bond donors (Lipinski definition) is 2. The predicted octanol–water partition coefficient (Wildman–Crippen LogP) is 1.25. The van der Waals surface area contributed by atoms with Gasteiger partial charge in [0.1, 0.15) is 5.82 Å². The minimum absolute atomic E-state index is 0.00219. The maximum atomic E-state index is 13.4. The highest BCUT2D eigenvalue weighted by Gasteiger charge is 2.22. The van der Waals surface area contributed by atoms with Crippen molar-refractivity contribution in [3.05, 3.63) is 29.6 Å². The molecule has 1 aromatic rings. The van der Waals surface area contributed by atoms with Crippen molar-refractivity contribution in [1.29, 1.82) is 0 Å². The van der Waals surface area contributed by atoms with Crippen molar-refractivity contribution in [2.75, 3.05) is 26.3 Å². The third kappa shape index (κ3) is 4.47. The van der Waals surface area contributed by atoms with Gasteiger partial charge in [0, 0.05) is 19.7 Å². The first-order valence-electron chi connectivity index (χ1n) is 7.09. The number of hydrogen-bond acceptors (Lipinski definition) is 4. The van der Waals surface area contributed by atoms with Crippen molar-refractivity contribution in [3.63, 3.8) is 0 Å². The molecule has 5 nitrogen and oxygen atoms in total. The Morgan fingerprint density at radius 1 is 1.43 bits per heavy atom. The number of nitrogens with one attached hydrogen (secondary N) is 2. The van der Waals surface area contributed by atoms with Crippen LogP contribution in [0.5, 0.6) is 0 Å². The van der Waals surface area contributed by atoms with E-state index in [1.807, 2.05) is 6.92 Å². The summed E-state index contributed by atoms with van der Waals surface area (Å²) in [5.41, 5.74) is 0.563. The first-order chi connectivity index (χ1) is 10.0. The molecule has 1 atom stereocenters. The first kappa shape index (κ1) is 16.4. The quantitative estimate of drug-likeness (QED) is 0.794. The van der Waals surface area contributed by atoms with Gasteiger partial charge < -0.3 is 10.1 Å². The van der Waals surface area contributed by atoms with E-state index in [2.05, 4.69) is 10.0 Å². The van der Waals surface area contributed by atoms with Crippen LogP contribution in [0.2, 0.25) is 0 Å². The minimum atomic E-state index is -3.72. The van der Waals surface area contributed by atoms with Gasteiger partial charge in [-0.1, -0.05) is 13.0 Å². The summed E-state index contributed by atoms with van der Waals surface area (Å²) in [6.07, 6.45) is 0.843. The molecular weight excluding hydrogens is 295 g/mol. The molecule has 2 rings (SSSR count). The van der Waals surface area contributed by atoms with Crippen molar-refractivity contribution in [2.24, 2.45) is 5.92 Å². The Labute approximate surface area is 124 Å². The first-order valence-corrected chi connectivity index (χ1v) is 8.58. The Morgan fingerprint density at radius 2 is 2.24 bits per heavy atom. The van der Waals surface area contributed by atoms with E-state index in [4.69, 9.17) is 4.74 Å². The fourth-order valence-corrected chi connectivity index (χ4v) is 3.60. The SMILES string of the molecule is CCNCc1ccc(F)cc1S(=O)(=O)NCC1CCOC1. The molecule has 0 radical (unpaired) electrons. The highest BCUT2D eigenvalue weighted by Crippen LogP contribution is 2.18. The summed E-state index contributed by atoms with van der Waals surface area (Å²) in [4.78, 5) is 0.00219. The van der Waals surface area contributed by atoms with E-state index < -0.39 is 15.8 Å². The zero-order chi connectivity index (χ0) is 15.3. The highest BCUT2D eigenvalue weighted by molar-refractivity contribution is 7.89. The van der Waals surface area contributed by atoms with Crippen LogP contribution in [0.3, 0.4) is 0 Å². The fourth-order valence-electron chi connectivity index (χ4n) is 2.23.